The standard InChI is InChI=1S/C10H23N5O2S/c1-3-4-13-18(16,17)15-7-5-14(6-8-15)9(2)10(11)12/h9,13H,3-8H2,1-2H3,(H3,11,12). The predicted octanol–water partition coefficient (Wildman–Crippen LogP) is -0.827. The second kappa shape index (κ2) is 6.46. The monoisotopic (exact) mass is 277 g/mol. The molecule has 0 saturated carbocycles. The predicted molar refractivity (Wildman–Crippen MR) is 71.7 cm³/mol. The molecule has 0 amide bonds. The van der Waals surface area contributed by atoms with Gasteiger partial charge in [-0.15, -0.1) is 0 Å². The van der Waals surface area contributed by atoms with Gasteiger partial charge in [-0.2, -0.15) is 12.7 Å². The Morgan fingerprint density at radius 3 is 2.39 bits per heavy atom. The van der Waals surface area contributed by atoms with Crippen molar-refractivity contribution in [1.29, 1.82) is 5.41 Å². The first-order valence-corrected chi connectivity index (χ1v) is 7.65. The Kier molecular flexibility index (Phi) is 5.51. The summed E-state index contributed by atoms with van der Waals surface area (Å²) in [7, 11) is -3.34. The van der Waals surface area contributed by atoms with Gasteiger partial charge in [0.2, 0.25) is 0 Å². The van der Waals surface area contributed by atoms with E-state index in [4.69, 9.17) is 11.1 Å². The summed E-state index contributed by atoms with van der Waals surface area (Å²) in [6.45, 7) is 6.35. The highest BCUT2D eigenvalue weighted by Gasteiger charge is 2.28. The Morgan fingerprint density at radius 1 is 1.39 bits per heavy atom. The van der Waals surface area contributed by atoms with Gasteiger partial charge >= 0.3 is 0 Å². The molecular weight excluding hydrogens is 254 g/mol. The van der Waals surface area contributed by atoms with Gasteiger partial charge in [-0.05, 0) is 13.3 Å². The van der Waals surface area contributed by atoms with Crippen molar-refractivity contribution in [2.24, 2.45) is 5.73 Å². The van der Waals surface area contributed by atoms with Gasteiger partial charge < -0.3 is 5.73 Å². The summed E-state index contributed by atoms with van der Waals surface area (Å²) >= 11 is 0. The highest BCUT2D eigenvalue weighted by atomic mass is 32.2. The maximum Gasteiger partial charge on any atom is 0.279 e. The number of nitrogens with zero attached hydrogens (tertiary/aromatic N) is 2. The quantitative estimate of drug-likeness (QED) is 0.436. The molecule has 1 unspecified atom stereocenters. The van der Waals surface area contributed by atoms with E-state index in [9.17, 15) is 8.42 Å². The number of rotatable bonds is 6. The zero-order valence-electron chi connectivity index (χ0n) is 11.0. The molecule has 1 atom stereocenters. The minimum absolute atomic E-state index is 0.121. The minimum atomic E-state index is -3.34. The molecule has 18 heavy (non-hydrogen) atoms. The summed E-state index contributed by atoms with van der Waals surface area (Å²) in [5.41, 5.74) is 5.45. The molecule has 7 nitrogen and oxygen atoms in total. The molecule has 0 aromatic carbocycles. The number of nitrogens with two attached hydrogens (primary N) is 1. The van der Waals surface area contributed by atoms with Crippen LogP contribution < -0.4 is 10.5 Å². The van der Waals surface area contributed by atoms with Crippen molar-refractivity contribution in [1.82, 2.24) is 13.9 Å². The Balaban J connectivity index is 2.51. The zero-order chi connectivity index (χ0) is 13.8. The van der Waals surface area contributed by atoms with Gasteiger partial charge in [-0.1, -0.05) is 6.92 Å². The third-order valence-electron chi connectivity index (χ3n) is 3.15. The third kappa shape index (κ3) is 3.91. The van der Waals surface area contributed by atoms with Gasteiger partial charge in [-0.3, -0.25) is 10.3 Å². The maximum absolute atomic E-state index is 11.9. The Labute approximate surface area is 109 Å². The largest absolute Gasteiger partial charge is 0.386 e. The number of hydrogen-bond acceptors (Lipinski definition) is 4. The maximum atomic E-state index is 11.9. The van der Waals surface area contributed by atoms with E-state index in [0.717, 1.165) is 6.42 Å². The van der Waals surface area contributed by atoms with Crippen molar-refractivity contribution in [2.45, 2.75) is 26.3 Å². The molecule has 8 heteroatoms. The average Bonchev–Trinajstić information content (AvgIpc) is 2.35. The second-order valence-electron chi connectivity index (χ2n) is 4.47. The normalized spacial score (nSPS) is 20.8. The SMILES string of the molecule is CCCNS(=O)(=O)N1CCN(C(C)C(=N)N)CC1. The van der Waals surface area contributed by atoms with Crippen LogP contribution >= 0.6 is 0 Å². The third-order valence-corrected chi connectivity index (χ3v) is 4.76. The van der Waals surface area contributed by atoms with Crippen LogP contribution in [0.15, 0.2) is 0 Å². The molecule has 0 radical (unpaired) electrons. The lowest BCUT2D eigenvalue weighted by Crippen LogP contribution is -2.56. The van der Waals surface area contributed by atoms with Crippen LogP contribution in [0.2, 0.25) is 0 Å². The van der Waals surface area contributed by atoms with Gasteiger partial charge in [0.05, 0.1) is 6.04 Å². The molecule has 1 fully saturated rings. The smallest absolute Gasteiger partial charge is 0.279 e. The molecule has 106 valence electrons. The first kappa shape index (κ1) is 15.4. The molecule has 0 aromatic rings. The van der Waals surface area contributed by atoms with Crippen LogP contribution in [0.25, 0.3) is 0 Å². The number of hydrogen-bond donors (Lipinski definition) is 3. The molecule has 1 saturated heterocycles. The number of piperazine rings is 1. The molecule has 1 aliphatic rings. The van der Waals surface area contributed by atoms with E-state index in [0.29, 0.717) is 32.7 Å². The van der Waals surface area contributed by atoms with Crippen LogP contribution in [-0.2, 0) is 10.2 Å². The number of nitrogens with one attached hydrogen (secondary N) is 2. The van der Waals surface area contributed by atoms with Crippen molar-refractivity contribution in [2.75, 3.05) is 32.7 Å². The van der Waals surface area contributed by atoms with Crippen molar-refractivity contribution in [3.8, 4) is 0 Å². The molecule has 1 rings (SSSR count). The highest BCUT2D eigenvalue weighted by Crippen LogP contribution is 2.09. The highest BCUT2D eigenvalue weighted by molar-refractivity contribution is 7.87. The Hall–Kier alpha value is -0.700. The average molecular weight is 277 g/mol. The second-order valence-corrected chi connectivity index (χ2v) is 6.22. The van der Waals surface area contributed by atoms with Crippen molar-refractivity contribution in [3.05, 3.63) is 0 Å². The molecule has 4 N–H and O–H groups in total. The number of amidine groups is 1. The van der Waals surface area contributed by atoms with E-state index < -0.39 is 10.2 Å². The fraction of sp³-hybridized carbons (Fsp3) is 0.900. The van der Waals surface area contributed by atoms with E-state index >= 15 is 0 Å². The van der Waals surface area contributed by atoms with Gasteiger partial charge in [0.1, 0.15) is 5.84 Å². The van der Waals surface area contributed by atoms with Crippen molar-refractivity contribution in [3.63, 3.8) is 0 Å². The molecule has 0 spiro atoms. The molecule has 0 aromatic heterocycles. The first-order valence-electron chi connectivity index (χ1n) is 6.21. The summed E-state index contributed by atoms with van der Waals surface area (Å²) in [5, 5.41) is 7.39. The Morgan fingerprint density at radius 2 is 1.94 bits per heavy atom. The summed E-state index contributed by atoms with van der Waals surface area (Å²) in [5.74, 6) is 0.121. The van der Waals surface area contributed by atoms with E-state index in [-0.39, 0.29) is 11.9 Å². The van der Waals surface area contributed by atoms with Crippen LogP contribution in [0, 0.1) is 5.41 Å². The fourth-order valence-corrected chi connectivity index (χ4v) is 3.14. The van der Waals surface area contributed by atoms with Gasteiger partial charge in [0.25, 0.3) is 10.2 Å². The lowest BCUT2D eigenvalue weighted by molar-refractivity contribution is 0.172. The topological polar surface area (TPSA) is 103 Å². The lowest BCUT2D eigenvalue weighted by Gasteiger charge is -2.36. The molecular formula is C10H23N5O2S. The van der Waals surface area contributed by atoms with E-state index in [1.54, 1.807) is 0 Å². The zero-order valence-corrected chi connectivity index (χ0v) is 11.8. The van der Waals surface area contributed by atoms with Crippen molar-refractivity contribution >= 4 is 16.0 Å². The van der Waals surface area contributed by atoms with Gasteiger partial charge in [0, 0.05) is 32.7 Å². The molecule has 1 aliphatic heterocycles. The van der Waals surface area contributed by atoms with Crippen molar-refractivity contribution < 1.29 is 8.42 Å². The summed E-state index contributed by atoms with van der Waals surface area (Å²) in [6, 6.07) is -0.126. The Bertz CT molecular complexity index is 376. The van der Waals surface area contributed by atoms with E-state index in [1.165, 1.54) is 4.31 Å². The first-order chi connectivity index (χ1) is 8.38. The van der Waals surface area contributed by atoms with Crippen LogP contribution in [-0.4, -0.2) is 62.2 Å². The van der Waals surface area contributed by atoms with Crippen LogP contribution in [0.5, 0.6) is 0 Å². The van der Waals surface area contributed by atoms with Crippen LogP contribution in [0.3, 0.4) is 0 Å². The minimum Gasteiger partial charge on any atom is -0.386 e. The summed E-state index contributed by atoms with van der Waals surface area (Å²) in [6.07, 6.45) is 0.778. The molecule has 0 aliphatic carbocycles. The summed E-state index contributed by atoms with van der Waals surface area (Å²) < 4.78 is 27.8. The summed E-state index contributed by atoms with van der Waals surface area (Å²) in [4.78, 5) is 2.02. The van der Waals surface area contributed by atoms with Gasteiger partial charge in [0.15, 0.2) is 0 Å². The fourth-order valence-electron chi connectivity index (χ4n) is 1.85. The molecule has 0 bridgehead atoms. The van der Waals surface area contributed by atoms with E-state index in [2.05, 4.69) is 4.72 Å². The molecule has 1 heterocycles. The van der Waals surface area contributed by atoms with Gasteiger partial charge in [-0.25, -0.2) is 4.72 Å². The van der Waals surface area contributed by atoms with Crippen LogP contribution in [0.4, 0.5) is 0 Å². The lowest BCUT2D eigenvalue weighted by atomic mass is 10.2. The van der Waals surface area contributed by atoms with E-state index in [1.807, 2.05) is 18.7 Å². The van der Waals surface area contributed by atoms with Crippen LogP contribution in [0.1, 0.15) is 20.3 Å².